The van der Waals surface area contributed by atoms with Crippen molar-refractivity contribution in [2.24, 2.45) is 0 Å². The second kappa shape index (κ2) is 8.87. The molecule has 4 aromatic carbocycles. The first-order valence-electron chi connectivity index (χ1n) is 15.6. The molecule has 0 aliphatic carbocycles. The first-order chi connectivity index (χ1) is 19.3. The molecule has 0 N–H and O–H groups in total. The summed E-state index contributed by atoms with van der Waals surface area (Å²) in [6.45, 7) is 21.6. The van der Waals surface area contributed by atoms with Crippen LogP contribution >= 0.6 is 0 Å². The Morgan fingerprint density at radius 2 is 1.11 bits per heavy atom. The molecule has 0 amide bonds. The lowest BCUT2D eigenvalue weighted by molar-refractivity contribution is 0.589. The summed E-state index contributed by atoms with van der Waals surface area (Å²) >= 11 is 0. The number of rotatable bonds is 2. The van der Waals surface area contributed by atoms with E-state index >= 15 is 0 Å². The average molecular weight is 506 g/mol. The Balaban J connectivity index is 1.96. The van der Waals surface area contributed by atoms with Crippen molar-refractivity contribution >= 4 is 21.8 Å². The maximum absolute atomic E-state index is 8.89. The Morgan fingerprint density at radius 3 is 1.55 bits per heavy atom. The fourth-order valence-corrected chi connectivity index (χ4v) is 5.45. The normalized spacial score (nSPS) is 14.5. The van der Waals surface area contributed by atoms with Crippen LogP contribution in [0.3, 0.4) is 0 Å². The van der Waals surface area contributed by atoms with Crippen molar-refractivity contribution in [1.82, 2.24) is 4.57 Å². The van der Waals surface area contributed by atoms with Gasteiger partial charge in [-0.1, -0.05) is 116 Å². The van der Waals surface area contributed by atoms with E-state index in [9.17, 15) is 0 Å². The van der Waals surface area contributed by atoms with Crippen LogP contribution in [0.15, 0.2) is 78.8 Å². The molecule has 0 atom stereocenters. The Labute approximate surface area is 235 Å². The minimum atomic E-state index is -0.361. The third-order valence-electron chi connectivity index (χ3n) is 7.55. The molecule has 1 aromatic heterocycles. The van der Waals surface area contributed by atoms with Crippen LogP contribution in [0.25, 0.3) is 38.6 Å². The monoisotopic (exact) mass is 505 g/mol. The van der Waals surface area contributed by atoms with Crippen molar-refractivity contribution in [3.05, 3.63) is 101 Å². The molecule has 0 saturated heterocycles. The molecule has 0 saturated carbocycles. The lowest BCUT2D eigenvalue weighted by Gasteiger charge is -2.28. The highest BCUT2D eigenvalue weighted by molar-refractivity contribution is 6.10. The van der Waals surface area contributed by atoms with E-state index in [-0.39, 0.29) is 40.4 Å². The number of fused-ring (bicyclic) bond motifs is 3. The number of hydrogen-bond donors (Lipinski definition) is 0. The zero-order valence-corrected chi connectivity index (χ0v) is 24.6. The highest BCUT2D eigenvalue weighted by Gasteiger charge is 2.27. The molecule has 196 valence electrons. The van der Waals surface area contributed by atoms with E-state index in [1.165, 1.54) is 21.9 Å². The molecule has 0 aliphatic rings. The number of nitrogens with zero attached hydrogens (tertiary/aromatic N) is 1. The summed E-state index contributed by atoms with van der Waals surface area (Å²) in [5, 5.41) is 2.40. The van der Waals surface area contributed by atoms with Crippen LogP contribution in [0.4, 0.5) is 0 Å². The van der Waals surface area contributed by atoms with Crippen molar-refractivity contribution in [3.63, 3.8) is 0 Å². The third-order valence-corrected chi connectivity index (χ3v) is 7.55. The quantitative estimate of drug-likeness (QED) is 0.225. The first-order valence-corrected chi connectivity index (χ1v) is 13.6. The van der Waals surface area contributed by atoms with E-state index in [0.717, 1.165) is 27.8 Å². The van der Waals surface area contributed by atoms with E-state index in [2.05, 4.69) is 109 Å². The minimum absolute atomic E-state index is 0.00279. The van der Waals surface area contributed by atoms with Gasteiger partial charge in [0.25, 0.3) is 0 Å². The molecular formula is C37H43N. The number of aromatic nitrogens is 1. The minimum Gasteiger partial charge on any atom is -0.309 e. The number of hydrogen-bond acceptors (Lipinski definition) is 0. The summed E-state index contributed by atoms with van der Waals surface area (Å²) in [5.41, 5.74) is 7.87. The van der Waals surface area contributed by atoms with Gasteiger partial charge in [0.15, 0.2) is 0 Å². The predicted octanol–water partition coefficient (Wildman–Crippen LogP) is 10.7. The van der Waals surface area contributed by atoms with Crippen LogP contribution in [0, 0.1) is 6.92 Å². The van der Waals surface area contributed by atoms with Crippen molar-refractivity contribution in [3.8, 4) is 16.8 Å². The average Bonchev–Trinajstić information content (AvgIpc) is 3.22. The van der Waals surface area contributed by atoms with E-state index in [4.69, 9.17) is 5.48 Å². The zero-order valence-electron chi connectivity index (χ0n) is 28.6. The molecule has 0 radical (unpaired) electrons. The highest BCUT2D eigenvalue weighted by Crippen LogP contribution is 2.42. The summed E-state index contributed by atoms with van der Waals surface area (Å²) < 4.78 is 37.2. The summed E-state index contributed by atoms with van der Waals surface area (Å²) in [7, 11) is 0. The highest BCUT2D eigenvalue weighted by atomic mass is 15.0. The van der Waals surface area contributed by atoms with Crippen LogP contribution in [0.1, 0.15) is 90.1 Å². The van der Waals surface area contributed by atoms with Gasteiger partial charge in [-0.3, -0.25) is 0 Å². The summed E-state index contributed by atoms with van der Waals surface area (Å²) in [5.74, 6) is 0. The smallest absolute Gasteiger partial charge is 0.0629 e. The molecule has 5 rings (SSSR count). The largest absolute Gasteiger partial charge is 0.309 e. The molecule has 0 aliphatic heterocycles. The maximum atomic E-state index is 8.89. The molecular weight excluding hydrogens is 458 g/mol. The van der Waals surface area contributed by atoms with Crippen molar-refractivity contribution in [2.75, 3.05) is 0 Å². The Bertz CT molecular complexity index is 1770. The van der Waals surface area contributed by atoms with Gasteiger partial charge in [0.2, 0.25) is 0 Å². The maximum Gasteiger partial charge on any atom is 0.0629 e. The van der Waals surface area contributed by atoms with Crippen molar-refractivity contribution in [2.45, 2.75) is 85.5 Å². The lowest BCUT2D eigenvalue weighted by Crippen LogP contribution is -2.17. The molecule has 0 unspecified atom stereocenters. The predicted molar refractivity (Wildman–Crippen MR) is 167 cm³/mol. The summed E-state index contributed by atoms with van der Waals surface area (Å²) in [6, 6.07) is 19.7. The topological polar surface area (TPSA) is 4.93 Å². The molecule has 1 nitrogen and oxygen atoms in total. The van der Waals surface area contributed by atoms with Gasteiger partial charge in [-0.2, -0.15) is 0 Å². The zero-order chi connectivity index (χ0) is 31.1. The van der Waals surface area contributed by atoms with Gasteiger partial charge in [0, 0.05) is 10.8 Å². The lowest BCUT2D eigenvalue weighted by atomic mass is 9.80. The van der Waals surface area contributed by atoms with Gasteiger partial charge in [-0.05, 0) is 81.3 Å². The van der Waals surface area contributed by atoms with Crippen LogP contribution in [0.2, 0.25) is 0 Å². The molecule has 1 heterocycles. The summed E-state index contributed by atoms with van der Waals surface area (Å²) in [4.78, 5) is 0. The molecule has 5 aromatic rings. The summed E-state index contributed by atoms with van der Waals surface area (Å²) in [6.07, 6.45) is 0. The van der Waals surface area contributed by atoms with E-state index < -0.39 is 0 Å². The van der Waals surface area contributed by atoms with E-state index in [1.807, 2.05) is 12.1 Å². The van der Waals surface area contributed by atoms with Crippen LogP contribution in [-0.4, -0.2) is 4.57 Å². The van der Waals surface area contributed by atoms with Gasteiger partial charge in [0.05, 0.1) is 22.2 Å². The molecule has 38 heavy (non-hydrogen) atoms. The second-order valence-electron chi connectivity index (χ2n) is 13.7. The Morgan fingerprint density at radius 1 is 0.605 bits per heavy atom. The molecule has 0 bridgehead atoms. The van der Waals surface area contributed by atoms with Crippen LogP contribution < -0.4 is 0 Å². The van der Waals surface area contributed by atoms with E-state index in [1.54, 1.807) is 6.92 Å². The number of benzene rings is 4. The molecule has 1 heteroatoms. The third kappa shape index (κ3) is 4.57. The van der Waals surface area contributed by atoms with Gasteiger partial charge in [0.1, 0.15) is 0 Å². The van der Waals surface area contributed by atoms with Gasteiger partial charge in [-0.25, -0.2) is 0 Å². The van der Waals surface area contributed by atoms with Crippen molar-refractivity contribution in [1.29, 1.82) is 0 Å². The standard InChI is InChI=1S/C37H43N/c1-24-14-16-25(17-15-24)28-12-11-13-33(34(28)37(8,9)10)38-31-20-18-26(35(2,3)4)22-29(31)30-23-27(36(5,6)7)19-21-32(30)38/h11-23H,1-10H3/i14D,15D,16D,17D. The van der Waals surface area contributed by atoms with Gasteiger partial charge >= 0.3 is 0 Å². The van der Waals surface area contributed by atoms with Crippen molar-refractivity contribution < 1.29 is 5.48 Å². The second-order valence-corrected chi connectivity index (χ2v) is 13.7. The molecule has 0 spiro atoms. The van der Waals surface area contributed by atoms with Gasteiger partial charge < -0.3 is 4.57 Å². The fraction of sp³-hybridized carbons (Fsp3) is 0.351. The Hall–Kier alpha value is -3.32. The van der Waals surface area contributed by atoms with Crippen LogP contribution in [-0.2, 0) is 16.2 Å². The SMILES string of the molecule is [2H]c1c([2H])c(-c2cccc(-n3c4ccc(C(C)(C)C)cc4c4cc(C(C)(C)C)ccc43)c2C(C)(C)C)c([2H])c([2H])c1C. The fourth-order valence-electron chi connectivity index (χ4n) is 5.45. The van der Waals surface area contributed by atoms with Gasteiger partial charge in [-0.15, -0.1) is 0 Å². The van der Waals surface area contributed by atoms with Crippen LogP contribution in [0.5, 0.6) is 0 Å². The van der Waals surface area contributed by atoms with E-state index in [0.29, 0.717) is 11.1 Å². The molecule has 0 fully saturated rings. The Kier molecular flexibility index (Phi) is 5.04. The first kappa shape index (κ1) is 21.6.